The first-order chi connectivity index (χ1) is 29.6. The number of aromatic hydroxyl groups is 1. The Bertz CT molecular complexity index is 2110. The van der Waals surface area contributed by atoms with Crippen LogP contribution in [0.1, 0.15) is 82.6 Å². The molecule has 0 radical (unpaired) electrons. The second kappa shape index (κ2) is 21.5. The Hall–Kier alpha value is -4.05. The molecule has 14 heteroatoms. The number of piperidine rings is 1. The fourth-order valence-corrected chi connectivity index (χ4v) is 9.66. The number of phenolic OH excluding ortho intramolecular Hbond substituents is 1. The first kappa shape index (κ1) is 47.4. The zero-order chi connectivity index (χ0) is 44.3. The van der Waals surface area contributed by atoms with Crippen LogP contribution < -0.4 is 15.8 Å². The summed E-state index contributed by atoms with van der Waals surface area (Å²) in [5.41, 5.74) is 3.58. The summed E-state index contributed by atoms with van der Waals surface area (Å²) >= 11 is 0. The normalized spacial score (nSPS) is 16.6. The van der Waals surface area contributed by atoms with E-state index in [2.05, 4.69) is 96.3 Å². The highest BCUT2D eigenvalue weighted by Crippen LogP contribution is 2.41. The molecule has 2 aliphatic rings. The summed E-state index contributed by atoms with van der Waals surface area (Å²) in [6, 6.07) is 17.7. The Morgan fingerprint density at radius 1 is 1.05 bits per heavy atom. The van der Waals surface area contributed by atoms with E-state index in [-0.39, 0.29) is 34.0 Å². The summed E-state index contributed by atoms with van der Waals surface area (Å²) in [7, 11) is -0.244. The third-order valence-corrected chi connectivity index (χ3v) is 17.7. The number of unbranched alkanes of at least 4 members (excludes halogenated alkanes) is 1. The lowest BCUT2D eigenvalue weighted by Gasteiger charge is -2.47. The first-order valence-corrected chi connectivity index (χ1v) is 25.8. The van der Waals surface area contributed by atoms with E-state index < -0.39 is 8.32 Å². The number of pyridine rings is 1. The largest absolute Gasteiger partial charge is 0.506 e. The number of carbonyl (C=O) groups excluding carboxylic acids is 1. The van der Waals surface area contributed by atoms with Gasteiger partial charge in [0.25, 0.3) is 0 Å². The zero-order valence-electron chi connectivity index (χ0n) is 38.5. The number of phenols is 1. The number of benzene rings is 2. The maximum absolute atomic E-state index is 13.5. The van der Waals surface area contributed by atoms with Gasteiger partial charge >= 0.3 is 0 Å². The van der Waals surface area contributed by atoms with Crippen LogP contribution >= 0.6 is 0 Å². The van der Waals surface area contributed by atoms with Gasteiger partial charge in [0.2, 0.25) is 11.5 Å². The number of rotatable bonds is 21. The third-order valence-electron chi connectivity index (χ3n) is 13.3. The highest BCUT2D eigenvalue weighted by molar-refractivity contribution is 6.74. The number of nitrogens with zero attached hydrogens (tertiary/aromatic N) is 5. The summed E-state index contributed by atoms with van der Waals surface area (Å²) in [6.07, 6.45) is 7.90. The van der Waals surface area contributed by atoms with Crippen molar-refractivity contribution < 1.29 is 23.8 Å². The van der Waals surface area contributed by atoms with E-state index in [0.717, 1.165) is 94.6 Å². The summed E-state index contributed by atoms with van der Waals surface area (Å²) in [5, 5.41) is 19.5. The topological polar surface area (TPSA) is 137 Å². The number of carbonyl (C=O) groups is 1. The minimum Gasteiger partial charge on any atom is -0.506 e. The lowest BCUT2D eigenvalue weighted by molar-refractivity contribution is -0.132. The van der Waals surface area contributed by atoms with Gasteiger partial charge in [0, 0.05) is 89.7 Å². The van der Waals surface area contributed by atoms with Crippen LogP contribution in [0, 0.1) is 0 Å². The zero-order valence-corrected chi connectivity index (χ0v) is 39.5. The number of amides is 1. The molecule has 62 heavy (non-hydrogen) atoms. The van der Waals surface area contributed by atoms with Crippen LogP contribution in [-0.4, -0.2) is 128 Å². The average Bonchev–Trinajstić information content (AvgIpc) is 3.69. The van der Waals surface area contributed by atoms with Crippen molar-refractivity contribution in [2.75, 3.05) is 83.6 Å². The van der Waals surface area contributed by atoms with E-state index in [1.54, 1.807) is 12.1 Å². The molecule has 4 aromatic rings. The quantitative estimate of drug-likeness (QED) is 0.0605. The molecule has 2 aliphatic heterocycles. The highest BCUT2D eigenvalue weighted by atomic mass is 28.4. The van der Waals surface area contributed by atoms with Crippen LogP contribution in [0.4, 0.5) is 5.82 Å². The van der Waals surface area contributed by atoms with Crippen LogP contribution in [0.3, 0.4) is 0 Å². The van der Waals surface area contributed by atoms with Crippen molar-refractivity contribution in [3.63, 3.8) is 0 Å². The molecule has 2 aromatic heterocycles. The molecule has 0 aliphatic carbocycles. The minimum absolute atomic E-state index is 0.0173. The standard InChI is InChI=1S/C48H73N7O6Si/c1-8-9-24-54(29-23-49-35-42(61-62(6,7)47(2,3)4)39-13-15-41(56)46-40(39)14-16-44(57)50-46)45(58)20-32-59-31-19-38-12-10-11-37(34-38)17-26-53-27-21-48(22-28-53)36-55(30-33-60-48)43-18-25-52(5)51-43/h10-16,18,25,34,42,49,56H,8-9,17,19-24,26-33,35-36H2,1-7H3,(H,50,57)/t42-/m0/s1. The van der Waals surface area contributed by atoms with Crippen molar-refractivity contribution in [3.8, 4) is 5.75 Å². The summed E-state index contributed by atoms with van der Waals surface area (Å²) in [4.78, 5) is 35.3. The molecule has 1 amide bonds. The van der Waals surface area contributed by atoms with Gasteiger partial charge in [-0.05, 0) is 79.1 Å². The molecule has 2 fully saturated rings. The Kier molecular flexibility index (Phi) is 16.5. The monoisotopic (exact) mass is 872 g/mol. The van der Waals surface area contributed by atoms with Crippen LogP contribution in [0.15, 0.2) is 65.6 Å². The van der Waals surface area contributed by atoms with Gasteiger partial charge in [-0.2, -0.15) is 5.10 Å². The van der Waals surface area contributed by atoms with Crippen LogP contribution in [0.5, 0.6) is 5.75 Å². The molecule has 0 unspecified atom stereocenters. The molecule has 2 saturated heterocycles. The molecule has 0 bridgehead atoms. The van der Waals surface area contributed by atoms with Gasteiger partial charge in [-0.1, -0.05) is 64.4 Å². The second-order valence-corrected chi connectivity index (χ2v) is 23.7. The smallest absolute Gasteiger partial charge is 0.248 e. The molecule has 0 saturated carbocycles. The number of morpholine rings is 1. The van der Waals surface area contributed by atoms with E-state index in [1.807, 2.05) is 28.9 Å². The molecule has 2 aromatic carbocycles. The van der Waals surface area contributed by atoms with Crippen molar-refractivity contribution in [3.05, 3.63) is 87.8 Å². The number of nitrogens with one attached hydrogen (secondary N) is 2. The fourth-order valence-electron chi connectivity index (χ4n) is 8.38. The van der Waals surface area contributed by atoms with Crippen LogP contribution in [-0.2, 0) is 38.6 Å². The number of likely N-dealkylation sites (tertiary alicyclic amines) is 1. The molecule has 6 rings (SSSR count). The van der Waals surface area contributed by atoms with E-state index in [4.69, 9.17) is 13.9 Å². The predicted molar refractivity (Wildman–Crippen MR) is 251 cm³/mol. The van der Waals surface area contributed by atoms with E-state index in [9.17, 15) is 14.7 Å². The Labute approximate surface area is 370 Å². The number of aromatic nitrogens is 3. The van der Waals surface area contributed by atoms with Crippen molar-refractivity contribution >= 4 is 30.9 Å². The Balaban J connectivity index is 0.925. The molecular weight excluding hydrogens is 799 g/mol. The molecule has 1 spiro atoms. The highest BCUT2D eigenvalue weighted by Gasteiger charge is 2.41. The van der Waals surface area contributed by atoms with Crippen LogP contribution in [0.2, 0.25) is 18.1 Å². The van der Waals surface area contributed by atoms with E-state index in [0.29, 0.717) is 51.3 Å². The van der Waals surface area contributed by atoms with E-state index in [1.165, 1.54) is 17.2 Å². The minimum atomic E-state index is -2.21. The molecule has 13 nitrogen and oxygen atoms in total. The third kappa shape index (κ3) is 12.8. The Morgan fingerprint density at radius 3 is 2.55 bits per heavy atom. The number of aryl methyl sites for hydroxylation is 1. The summed E-state index contributed by atoms with van der Waals surface area (Å²) in [6.45, 7) is 22.3. The van der Waals surface area contributed by atoms with Crippen molar-refractivity contribution in [1.82, 2.24) is 29.9 Å². The first-order valence-electron chi connectivity index (χ1n) is 22.9. The summed E-state index contributed by atoms with van der Waals surface area (Å²) < 4.78 is 21.3. The molecule has 340 valence electrons. The van der Waals surface area contributed by atoms with Crippen LogP contribution in [0.25, 0.3) is 10.9 Å². The number of hydrogen-bond donors (Lipinski definition) is 3. The van der Waals surface area contributed by atoms with Gasteiger partial charge in [-0.25, -0.2) is 0 Å². The lowest BCUT2D eigenvalue weighted by Crippen LogP contribution is -2.57. The fraction of sp³-hybridized carbons (Fsp3) is 0.604. The van der Waals surface area contributed by atoms with Gasteiger partial charge in [-0.15, -0.1) is 0 Å². The number of hydrogen-bond acceptors (Lipinski definition) is 10. The van der Waals surface area contributed by atoms with Gasteiger partial charge in [0.15, 0.2) is 14.1 Å². The maximum atomic E-state index is 13.5. The molecular formula is C48H73N7O6Si. The van der Waals surface area contributed by atoms with Crippen molar-refractivity contribution in [1.29, 1.82) is 0 Å². The lowest BCUT2D eigenvalue weighted by atomic mass is 9.89. The number of ether oxygens (including phenoxy) is 2. The second-order valence-electron chi connectivity index (χ2n) is 18.9. The van der Waals surface area contributed by atoms with Gasteiger partial charge in [0.1, 0.15) is 5.75 Å². The number of fused-ring (bicyclic) bond motifs is 1. The van der Waals surface area contributed by atoms with Gasteiger partial charge in [0.05, 0.1) is 43.5 Å². The average molecular weight is 872 g/mol. The number of anilines is 1. The predicted octanol–water partition coefficient (Wildman–Crippen LogP) is 6.81. The molecule has 4 heterocycles. The summed E-state index contributed by atoms with van der Waals surface area (Å²) in [5.74, 6) is 1.18. The SMILES string of the molecule is CCCCN(CCNC[C@H](O[Si](C)(C)C(C)(C)C)c1ccc(O)c2[nH]c(=O)ccc12)C(=O)CCOCCc1cccc(CCN2CCC3(CC2)CN(c2ccn(C)n2)CCO3)c1. The van der Waals surface area contributed by atoms with Gasteiger partial charge < -0.3 is 44.0 Å². The van der Waals surface area contributed by atoms with Crippen molar-refractivity contribution in [2.45, 2.75) is 102 Å². The Morgan fingerprint density at radius 2 is 1.82 bits per heavy atom. The molecule has 3 N–H and O–H groups in total. The molecule has 1 atom stereocenters. The number of H-pyrrole nitrogens is 1. The van der Waals surface area contributed by atoms with E-state index >= 15 is 0 Å². The number of aromatic amines is 1. The maximum Gasteiger partial charge on any atom is 0.248 e. The van der Waals surface area contributed by atoms with Crippen molar-refractivity contribution in [2.24, 2.45) is 7.05 Å². The van der Waals surface area contributed by atoms with Gasteiger partial charge in [-0.3, -0.25) is 14.3 Å².